The lowest BCUT2D eigenvalue weighted by molar-refractivity contribution is -0.384. The number of aromatic nitrogens is 3. The number of pyridine rings is 1. The SMILES string of the molecule is Cc1cc(NC(=O)/C=C/c2cccc([N+](=O)[O-])c2)n(-c2cc(C)c3cccc(C)c3n2)n1. The fourth-order valence-corrected chi connectivity index (χ4v) is 3.50. The number of non-ortho nitro benzene ring substituents is 1. The van der Waals surface area contributed by atoms with Gasteiger partial charge in [-0.25, -0.2) is 4.98 Å². The molecule has 2 aromatic carbocycles. The monoisotopic (exact) mass is 427 g/mol. The Morgan fingerprint density at radius 1 is 1.06 bits per heavy atom. The summed E-state index contributed by atoms with van der Waals surface area (Å²) in [6, 6.07) is 15.8. The number of hydrogen-bond donors (Lipinski definition) is 1. The van der Waals surface area contributed by atoms with Crippen molar-refractivity contribution < 1.29 is 9.72 Å². The summed E-state index contributed by atoms with van der Waals surface area (Å²) in [5.74, 6) is 0.706. The number of nitro benzene ring substituents is 1. The van der Waals surface area contributed by atoms with Crippen molar-refractivity contribution in [3.8, 4) is 5.82 Å². The van der Waals surface area contributed by atoms with Gasteiger partial charge in [-0.2, -0.15) is 9.78 Å². The Balaban J connectivity index is 1.63. The topological polar surface area (TPSA) is 103 Å². The van der Waals surface area contributed by atoms with Crippen LogP contribution in [0, 0.1) is 30.9 Å². The van der Waals surface area contributed by atoms with Crippen LogP contribution in [-0.2, 0) is 4.79 Å². The van der Waals surface area contributed by atoms with Gasteiger partial charge in [-0.3, -0.25) is 14.9 Å². The predicted octanol–water partition coefficient (Wildman–Crippen LogP) is 4.91. The summed E-state index contributed by atoms with van der Waals surface area (Å²) in [4.78, 5) is 27.8. The molecule has 0 aliphatic heterocycles. The van der Waals surface area contributed by atoms with E-state index in [4.69, 9.17) is 4.98 Å². The normalized spacial score (nSPS) is 11.2. The van der Waals surface area contributed by atoms with Crippen LogP contribution in [0.15, 0.2) is 60.7 Å². The number of anilines is 1. The zero-order valence-electron chi connectivity index (χ0n) is 17.9. The van der Waals surface area contributed by atoms with Gasteiger partial charge in [0.25, 0.3) is 5.69 Å². The van der Waals surface area contributed by atoms with E-state index >= 15 is 0 Å². The molecule has 32 heavy (non-hydrogen) atoms. The summed E-state index contributed by atoms with van der Waals surface area (Å²) in [6.07, 6.45) is 2.85. The van der Waals surface area contributed by atoms with Gasteiger partial charge in [0.1, 0.15) is 5.82 Å². The molecule has 0 fully saturated rings. The Morgan fingerprint density at radius 3 is 2.62 bits per heavy atom. The molecule has 0 saturated carbocycles. The molecule has 0 saturated heterocycles. The maximum absolute atomic E-state index is 12.5. The van der Waals surface area contributed by atoms with Crippen LogP contribution < -0.4 is 5.32 Å². The molecule has 8 heteroatoms. The Morgan fingerprint density at radius 2 is 1.84 bits per heavy atom. The van der Waals surface area contributed by atoms with Crippen LogP contribution in [0.1, 0.15) is 22.4 Å². The Kier molecular flexibility index (Phi) is 5.51. The van der Waals surface area contributed by atoms with Crippen molar-refractivity contribution in [3.63, 3.8) is 0 Å². The first-order chi connectivity index (χ1) is 15.3. The number of carbonyl (C=O) groups excluding carboxylic acids is 1. The number of fused-ring (bicyclic) bond motifs is 1. The van der Waals surface area contributed by atoms with E-state index < -0.39 is 4.92 Å². The van der Waals surface area contributed by atoms with E-state index in [1.165, 1.54) is 24.3 Å². The van der Waals surface area contributed by atoms with Crippen LogP contribution in [0.5, 0.6) is 0 Å². The molecule has 0 atom stereocenters. The molecule has 4 rings (SSSR count). The highest BCUT2D eigenvalue weighted by Crippen LogP contribution is 2.24. The standard InChI is InChI=1S/C24H21N5O3/c1-15-6-4-9-20-16(2)12-21(26-24(15)20)28-22(13-17(3)27-28)25-23(30)11-10-18-7-5-8-19(14-18)29(31)32/h4-14H,1-3H3,(H,25,30)/b11-10+. The number of nitrogens with one attached hydrogen (secondary N) is 1. The lowest BCUT2D eigenvalue weighted by atomic mass is 10.1. The van der Waals surface area contributed by atoms with Gasteiger partial charge in [0, 0.05) is 29.7 Å². The molecule has 1 amide bonds. The van der Waals surface area contributed by atoms with E-state index in [9.17, 15) is 14.9 Å². The van der Waals surface area contributed by atoms with Crippen LogP contribution in [0.2, 0.25) is 0 Å². The zero-order valence-corrected chi connectivity index (χ0v) is 17.9. The summed E-state index contributed by atoms with van der Waals surface area (Å²) in [5, 5.41) is 19.3. The summed E-state index contributed by atoms with van der Waals surface area (Å²) in [5.41, 5.74) is 4.26. The highest BCUT2D eigenvalue weighted by molar-refractivity contribution is 6.01. The second kappa shape index (κ2) is 8.43. The lowest BCUT2D eigenvalue weighted by Crippen LogP contribution is -2.13. The predicted molar refractivity (Wildman–Crippen MR) is 124 cm³/mol. The lowest BCUT2D eigenvalue weighted by Gasteiger charge is -2.11. The van der Waals surface area contributed by atoms with Gasteiger partial charge in [0.05, 0.1) is 16.1 Å². The highest BCUT2D eigenvalue weighted by atomic mass is 16.6. The van der Waals surface area contributed by atoms with Crippen LogP contribution in [0.25, 0.3) is 22.8 Å². The summed E-state index contributed by atoms with van der Waals surface area (Å²) in [7, 11) is 0. The molecule has 0 aliphatic rings. The van der Waals surface area contributed by atoms with E-state index in [-0.39, 0.29) is 11.6 Å². The Labute approximate surface area is 184 Å². The average molecular weight is 427 g/mol. The second-order valence-corrected chi connectivity index (χ2v) is 7.53. The zero-order chi connectivity index (χ0) is 22.8. The van der Waals surface area contributed by atoms with E-state index in [1.54, 1.807) is 22.9 Å². The third kappa shape index (κ3) is 4.24. The van der Waals surface area contributed by atoms with Crippen molar-refractivity contribution in [1.29, 1.82) is 0 Å². The minimum absolute atomic E-state index is 0.0331. The first-order valence-corrected chi connectivity index (χ1v) is 9.99. The molecular formula is C24H21N5O3. The fraction of sp³-hybridized carbons (Fsp3) is 0.125. The number of benzene rings is 2. The maximum atomic E-state index is 12.5. The number of para-hydroxylation sites is 1. The van der Waals surface area contributed by atoms with Crippen LogP contribution in [0.4, 0.5) is 11.5 Å². The Hall–Kier alpha value is -4.33. The van der Waals surface area contributed by atoms with Gasteiger partial charge in [0.2, 0.25) is 5.91 Å². The van der Waals surface area contributed by atoms with Crippen molar-refractivity contribution in [1.82, 2.24) is 14.8 Å². The summed E-state index contributed by atoms with van der Waals surface area (Å²) >= 11 is 0. The number of nitrogens with zero attached hydrogens (tertiary/aromatic N) is 4. The number of hydrogen-bond acceptors (Lipinski definition) is 5. The molecule has 2 heterocycles. The molecule has 8 nitrogen and oxygen atoms in total. The van der Waals surface area contributed by atoms with E-state index in [0.29, 0.717) is 17.2 Å². The first kappa shape index (κ1) is 20.9. The molecule has 0 spiro atoms. The van der Waals surface area contributed by atoms with Crippen molar-refractivity contribution in [2.75, 3.05) is 5.32 Å². The molecule has 160 valence electrons. The molecular weight excluding hydrogens is 406 g/mol. The molecule has 0 radical (unpaired) electrons. The van der Waals surface area contributed by atoms with Crippen LogP contribution in [-0.4, -0.2) is 25.6 Å². The van der Waals surface area contributed by atoms with Crippen molar-refractivity contribution >= 4 is 34.4 Å². The van der Waals surface area contributed by atoms with E-state index in [0.717, 1.165) is 27.7 Å². The van der Waals surface area contributed by atoms with Crippen molar-refractivity contribution in [3.05, 3.63) is 93.2 Å². The summed E-state index contributed by atoms with van der Waals surface area (Å²) < 4.78 is 1.60. The molecule has 2 aromatic heterocycles. The number of amides is 1. The van der Waals surface area contributed by atoms with Gasteiger partial charge in [-0.15, -0.1) is 0 Å². The smallest absolute Gasteiger partial charge is 0.270 e. The second-order valence-electron chi connectivity index (χ2n) is 7.53. The molecule has 0 bridgehead atoms. The number of nitro groups is 1. The van der Waals surface area contributed by atoms with Gasteiger partial charge < -0.3 is 5.32 Å². The first-order valence-electron chi connectivity index (χ1n) is 9.99. The minimum atomic E-state index is -0.473. The molecule has 4 aromatic rings. The Bertz CT molecular complexity index is 1390. The van der Waals surface area contributed by atoms with Gasteiger partial charge in [-0.1, -0.05) is 30.3 Å². The maximum Gasteiger partial charge on any atom is 0.270 e. The average Bonchev–Trinajstić information content (AvgIpc) is 3.13. The molecule has 0 aliphatic carbocycles. The van der Waals surface area contributed by atoms with Crippen molar-refractivity contribution in [2.45, 2.75) is 20.8 Å². The number of carbonyl (C=O) groups is 1. The van der Waals surface area contributed by atoms with Gasteiger partial charge in [0.15, 0.2) is 5.82 Å². The van der Waals surface area contributed by atoms with E-state index in [1.807, 2.05) is 45.0 Å². The largest absolute Gasteiger partial charge is 0.307 e. The third-order valence-corrected chi connectivity index (χ3v) is 5.04. The van der Waals surface area contributed by atoms with Gasteiger partial charge in [-0.05, 0) is 49.6 Å². The highest BCUT2D eigenvalue weighted by Gasteiger charge is 2.13. The van der Waals surface area contributed by atoms with Gasteiger partial charge >= 0.3 is 0 Å². The number of aryl methyl sites for hydroxylation is 3. The third-order valence-electron chi connectivity index (χ3n) is 5.04. The summed E-state index contributed by atoms with van der Waals surface area (Å²) in [6.45, 7) is 5.86. The molecule has 0 unspecified atom stereocenters. The van der Waals surface area contributed by atoms with Crippen LogP contribution in [0.3, 0.4) is 0 Å². The fourth-order valence-electron chi connectivity index (χ4n) is 3.50. The molecule has 1 N–H and O–H groups in total. The van der Waals surface area contributed by atoms with Crippen molar-refractivity contribution in [2.24, 2.45) is 0 Å². The quantitative estimate of drug-likeness (QED) is 0.277. The van der Waals surface area contributed by atoms with E-state index in [2.05, 4.69) is 10.4 Å². The van der Waals surface area contributed by atoms with Crippen LogP contribution >= 0.6 is 0 Å². The minimum Gasteiger partial charge on any atom is -0.307 e. The number of rotatable bonds is 5.